The number of carbonyl (C=O) groups is 3. The number of rotatable bonds is 5. The van der Waals surface area contributed by atoms with Crippen LogP contribution in [0, 0.1) is 0 Å². The van der Waals surface area contributed by atoms with Gasteiger partial charge in [0.15, 0.2) is 0 Å². The van der Waals surface area contributed by atoms with Crippen molar-refractivity contribution in [2.45, 2.75) is 31.8 Å². The highest BCUT2D eigenvalue weighted by Crippen LogP contribution is 2.32. The minimum absolute atomic E-state index is 0.0800. The lowest BCUT2D eigenvalue weighted by molar-refractivity contribution is -0.124. The number of hydrogen-bond acceptors (Lipinski definition) is 3. The van der Waals surface area contributed by atoms with Gasteiger partial charge in [0.2, 0.25) is 11.8 Å². The SMILES string of the molecule is C[C@@H](CC(=O)N1c2ccccc2C[C@H]1C(N)=O)NC(=O)c1ccccc1. The molecule has 2 atom stereocenters. The Hall–Kier alpha value is -3.15. The molecule has 3 rings (SSSR count). The Balaban J connectivity index is 1.70. The third-order valence-corrected chi connectivity index (χ3v) is 4.47. The molecule has 0 spiro atoms. The summed E-state index contributed by atoms with van der Waals surface area (Å²) in [5.41, 5.74) is 7.66. The molecule has 2 aromatic rings. The van der Waals surface area contributed by atoms with Gasteiger partial charge in [-0.2, -0.15) is 0 Å². The first-order valence-corrected chi connectivity index (χ1v) is 8.52. The lowest BCUT2D eigenvalue weighted by Crippen LogP contribution is -2.48. The first kappa shape index (κ1) is 17.7. The zero-order valence-corrected chi connectivity index (χ0v) is 14.5. The van der Waals surface area contributed by atoms with E-state index in [0.717, 1.165) is 5.56 Å². The van der Waals surface area contributed by atoms with Crippen molar-refractivity contribution >= 4 is 23.4 Å². The number of para-hydroxylation sites is 1. The fourth-order valence-electron chi connectivity index (χ4n) is 3.23. The quantitative estimate of drug-likeness (QED) is 0.858. The van der Waals surface area contributed by atoms with Gasteiger partial charge in [-0.15, -0.1) is 0 Å². The predicted octanol–water partition coefficient (Wildman–Crippen LogP) is 1.64. The molecule has 6 heteroatoms. The van der Waals surface area contributed by atoms with Crippen LogP contribution in [-0.2, 0) is 16.0 Å². The van der Waals surface area contributed by atoms with Crippen LogP contribution in [0.5, 0.6) is 0 Å². The molecule has 0 fully saturated rings. The lowest BCUT2D eigenvalue weighted by atomic mass is 10.1. The van der Waals surface area contributed by atoms with Crippen molar-refractivity contribution in [3.63, 3.8) is 0 Å². The second-order valence-corrected chi connectivity index (χ2v) is 6.46. The standard InChI is InChI=1S/C20H21N3O3/c1-13(22-20(26)14-7-3-2-4-8-14)11-18(24)23-16-10-6-5-9-15(16)12-17(23)19(21)25/h2-10,13,17H,11-12H2,1H3,(H2,21,25)(H,22,26)/t13-,17-/m0/s1. The van der Waals surface area contributed by atoms with Gasteiger partial charge in [0.25, 0.3) is 5.91 Å². The van der Waals surface area contributed by atoms with Gasteiger partial charge >= 0.3 is 0 Å². The number of hydrogen-bond donors (Lipinski definition) is 2. The Morgan fingerprint density at radius 2 is 1.77 bits per heavy atom. The first-order chi connectivity index (χ1) is 12.5. The van der Waals surface area contributed by atoms with Gasteiger partial charge in [-0.1, -0.05) is 36.4 Å². The molecule has 0 bridgehead atoms. The highest BCUT2D eigenvalue weighted by molar-refractivity contribution is 6.03. The van der Waals surface area contributed by atoms with Gasteiger partial charge < -0.3 is 11.1 Å². The molecular weight excluding hydrogens is 330 g/mol. The Labute approximate surface area is 152 Å². The van der Waals surface area contributed by atoms with E-state index < -0.39 is 11.9 Å². The molecule has 134 valence electrons. The third-order valence-electron chi connectivity index (χ3n) is 4.47. The third kappa shape index (κ3) is 3.59. The molecule has 3 N–H and O–H groups in total. The van der Waals surface area contributed by atoms with Crippen molar-refractivity contribution < 1.29 is 14.4 Å². The van der Waals surface area contributed by atoms with Crippen molar-refractivity contribution in [3.05, 3.63) is 65.7 Å². The van der Waals surface area contributed by atoms with Gasteiger partial charge in [0.05, 0.1) is 0 Å². The van der Waals surface area contributed by atoms with Gasteiger partial charge in [0, 0.05) is 30.1 Å². The maximum Gasteiger partial charge on any atom is 0.251 e. The summed E-state index contributed by atoms with van der Waals surface area (Å²) < 4.78 is 0. The number of nitrogens with zero attached hydrogens (tertiary/aromatic N) is 1. The number of anilines is 1. The molecule has 1 aliphatic rings. The molecule has 2 aromatic carbocycles. The number of benzene rings is 2. The van der Waals surface area contributed by atoms with Crippen molar-refractivity contribution in [3.8, 4) is 0 Å². The average Bonchev–Trinajstić information content (AvgIpc) is 3.02. The van der Waals surface area contributed by atoms with E-state index in [1.807, 2.05) is 30.3 Å². The summed E-state index contributed by atoms with van der Waals surface area (Å²) in [6.07, 6.45) is 0.499. The highest BCUT2D eigenvalue weighted by Gasteiger charge is 2.37. The molecule has 0 aromatic heterocycles. The topological polar surface area (TPSA) is 92.5 Å². The van der Waals surface area contributed by atoms with Crippen LogP contribution in [0.2, 0.25) is 0 Å². The van der Waals surface area contributed by atoms with Crippen LogP contribution in [0.3, 0.4) is 0 Å². The van der Waals surface area contributed by atoms with Crippen LogP contribution in [0.4, 0.5) is 5.69 Å². The molecule has 0 aliphatic carbocycles. The van der Waals surface area contributed by atoms with Crippen molar-refractivity contribution in [2.75, 3.05) is 4.90 Å². The minimum Gasteiger partial charge on any atom is -0.368 e. The summed E-state index contributed by atoms with van der Waals surface area (Å²) in [6.45, 7) is 1.76. The van der Waals surface area contributed by atoms with Crippen LogP contribution in [0.15, 0.2) is 54.6 Å². The molecule has 0 saturated carbocycles. The van der Waals surface area contributed by atoms with Crippen LogP contribution in [0.1, 0.15) is 29.3 Å². The number of primary amides is 1. The van der Waals surface area contributed by atoms with Gasteiger partial charge in [0.1, 0.15) is 6.04 Å². The van der Waals surface area contributed by atoms with Crippen molar-refractivity contribution in [1.82, 2.24) is 5.32 Å². The molecule has 0 radical (unpaired) electrons. The van der Waals surface area contributed by atoms with Crippen LogP contribution in [0.25, 0.3) is 0 Å². The monoisotopic (exact) mass is 351 g/mol. The summed E-state index contributed by atoms with van der Waals surface area (Å²) in [6, 6.07) is 15.1. The average molecular weight is 351 g/mol. The van der Waals surface area contributed by atoms with E-state index in [-0.39, 0.29) is 24.3 Å². The lowest BCUT2D eigenvalue weighted by Gasteiger charge is -2.25. The van der Waals surface area contributed by atoms with E-state index in [4.69, 9.17) is 5.73 Å². The zero-order valence-electron chi connectivity index (χ0n) is 14.5. The molecule has 1 heterocycles. The van der Waals surface area contributed by atoms with E-state index in [1.165, 1.54) is 4.90 Å². The molecule has 26 heavy (non-hydrogen) atoms. The van der Waals surface area contributed by atoms with Gasteiger partial charge in [-0.3, -0.25) is 19.3 Å². The zero-order chi connectivity index (χ0) is 18.7. The summed E-state index contributed by atoms with van der Waals surface area (Å²) in [5, 5.41) is 2.82. The van der Waals surface area contributed by atoms with Crippen molar-refractivity contribution in [2.24, 2.45) is 5.73 Å². The largest absolute Gasteiger partial charge is 0.368 e. The van der Waals surface area contributed by atoms with Crippen molar-refractivity contribution in [1.29, 1.82) is 0 Å². The molecule has 0 unspecified atom stereocenters. The maximum atomic E-state index is 12.8. The summed E-state index contributed by atoms with van der Waals surface area (Å²) in [4.78, 5) is 38.3. The molecular formula is C20H21N3O3. The van der Waals surface area contributed by atoms with Gasteiger partial charge in [-0.25, -0.2) is 0 Å². The van der Waals surface area contributed by atoms with E-state index in [9.17, 15) is 14.4 Å². The van der Waals surface area contributed by atoms with E-state index >= 15 is 0 Å². The number of fused-ring (bicyclic) bond motifs is 1. The highest BCUT2D eigenvalue weighted by atomic mass is 16.2. The fraction of sp³-hybridized carbons (Fsp3) is 0.250. The number of nitrogens with one attached hydrogen (secondary N) is 1. The van der Waals surface area contributed by atoms with Crippen LogP contribution >= 0.6 is 0 Å². The normalized spacial score (nSPS) is 16.7. The Bertz CT molecular complexity index is 835. The smallest absolute Gasteiger partial charge is 0.251 e. The Kier molecular flexibility index (Phi) is 5.02. The molecule has 6 nitrogen and oxygen atoms in total. The number of amides is 3. The minimum atomic E-state index is -0.683. The molecule has 0 saturated heterocycles. The summed E-state index contributed by atoms with van der Waals surface area (Å²) in [5.74, 6) is -1.01. The van der Waals surface area contributed by atoms with E-state index in [2.05, 4.69) is 5.32 Å². The second-order valence-electron chi connectivity index (χ2n) is 6.46. The Morgan fingerprint density at radius 3 is 2.46 bits per heavy atom. The summed E-state index contributed by atoms with van der Waals surface area (Å²) in [7, 11) is 0. The number of nitrogens with two attached hydrogens (primary N) is 1. The van der Waals surface area contributed by atoms with Crippen LogP contribution in [-0.4, -0.2) is 29.8 Å². The fourth-order valence-corrected chi connectivity index (χ4v) is 3.23. The van der Waals surface area contributed by atoms with E-state index in [0.29, 0.717) is 17.7 Å². The molecule has 3 amide bonds. The summed E-state index contributed by atoms with van der Waals surface area (Å²) >= 11 is 0. The number of carbonyl (C=O) groups excluding carboxylic acids is 3. The molecule has 1 aliphatic heterocycles. The predicted molar refractivity (Wildman–Crippen MR) is 98.6 cm³/mol. The van der Waals surface area contributed by atoms with E-state index in [1.54, 1.807) is 31.2 Å². The first-order valence-electron chi connectivity index (χ1n) is 8.52. The maximum absolute atomic E-state index is 12.8. The van der Waals surface area contributed by atoms with Gasteiger partial charge in [-0.05, 0) is 30.7 Å². The second kappa shape index (κ2) is 7.39. The Morgan fingerprint density at radius 1 is 1.12 bits per heavy atom. The van der Waals surface area contributed by atoms with Crippen LogP contribution < -0.4 is 16.0 Å².